The summed E-state index contributed by atoms with van der Waals surface area (Å²) in [6.45, 7) is 4.37. The third kappa shape index (κ3) is 2.85. The van der Waals surface area contributed by atoms with E-state index in [9.17, 15) is 9.18 Å². The van der Waals surface area contributed by atoms with Crippen molar-refractivity contribution in [3.63, 3.8) is 0 Å². The van der Waals surface area contributed by atoms with Crippen LogP contribution in [0, 0.1) is 5.82 Å². The van der Waals surface area contributed by atoms with Crippen molar-refractivity contribution in [2.75, 3.05) is 19.6 Å². The molecule has 0 bridgehead atoms. The number of nitrogens with zero attached hydrogens (tertiary/aromatic N) is 2. The zero-order valence-electron chi connectivity index (χ0n) is 10.5. The molecule has 1 aromatic heterocycles. The van der Waals surface area contributed by atoms with Crippen LogP contribution in [0.3, 0.4) is 0 Å². The van der Waals surface area contributed by atoms with Crippen LogP contribution in [0.2, 0.25) is 0 Å². The number of hydrogen-bond acceptors (Lipinski definition) is 3. The standard InChI is InChI=1S/C13H18FN3O/c1-2-16-10-4-7-17(8-5-10)13(18)11-3-6-15-9-12(11)14/h3,6,9-10,16H,2,4-5,7-8H2,1H3. The summed E-state index contributed by atoms with van der Waals surface area (Å²) >= 11 is 0. The van der Waals surface area contributed by atoms with Crippen LogP contribution in [0.4, 0.5) is 4.39 Å². The second-order valence-corrected chi connectivity index (χ2v) is 4.48. The molecule has 0 spiro atoms. The Bertz CT molecular complexity index is 416. The number of aromatic nitrogens is 1. The van der Waals surface area contributed by atoms with Crippen LogP contribution >= 0.6 is 0 Å². The van der Waals surface area contributed by atoms with Crippen LogP contribution in [-0.2, 0) is 0 Å². The van der Waals surface area contributed by atoms with Crippen LogP contribution in [0.25, 0.3) is 0 Å². The van der Waals surface area contributed by atoms with Gasteiger partial charge < -0.3 is 10.2 Å². The van der Waals surface area contributed by atoms with E-state index in [0.29, 0.717) is 19.1 Å². The fourth-order valence-electron chi connectivity index (χ4n) is 2.29. The van der Waals surface area contributed by atoms with Crippen LogP contribution in [0.15, 0.2) is 18.5 Å². The van der Waals surface area contributed by atoms with Crippen molar-refractivity contribution in [3.8, 4) is 0 Å². The Morgan fingerprint density at radius 3 is 2.89 bits per heavy atom. The highest BCUT2D eigenvalue weighted by Crippen LogP contribution is 2.15. The lowest BCUT2D eigenvalue weighted by Gasteiger charge is -2.32. The van der Waals surface area contributed by atoms with Gasteiger partial charge in [0.1, 0.15) is 0 Å². The Morgan fingerprint density at radius 1 is 1.56 bits per heavy atom. The number of carbonyl (C=O) groups is 1. The average molecular weight is 251 g/mol. The van der Waals surface area contributed by atoms with Gasteiger partial charge in [-0.25, -0.2) is 4.39 Å². The number of carbonyl (C=O) groups excluding carboxylic acids is 1. The van der Waals surface area contributed by atoms with Crippen molar-refractivity contribution in [1.29, 1.82) is 0 Å². The molecule has 0 aliphatic carbocycles. The Labute approximate surface area is 106 Å². The number of hydrogen-bond donors (Lipinski definition) is 1. The molecule has 98 valence electrons. The van der Waals surface area contributed by atoms with Crippen LogP contribution in [0.5, 0.6) is 0 Å². The Balaban J connectivity index is 1.98. The lowest BCUT2D eigenvalue weighted by atomic mass is 10.0. The van der Waals surface area contributed by atoms with Gasteiger partial charge in [0.25, 0.3) is 5.91 Å². The van der Waals surface area contributed by atoms with E-state index in [1.54, 1.807) is 4.90 Å². The van der Waals surface area contributed by atoms with Gasteiger partial charge in [-0.2, -0.15) is 0 Å². The second kappa shape index (κ2) is 5.91. The van der Waals surface area contributed by atoms with Crippen molar-refractivity contribution in [3.05, 3.63) is 29.8 Å². The van der Waals surface area contributed by atoms with Gasteiger partial charge in [-0.3, -0.25) is 9.78 Å². The maximum Gasteiger partial charge on any atom is 0.256 e. The van der Waals surface area contributed by atoms with Crippen LogP contribution < -0.4 is 5.32 Å². The van der Waals surface area contributed by atoms with Crippen molar-refractivity contribution in [1.82, 2.24) is 15.2 Å². The molecule has 2 rings (SSSR count). The third-order valence-electron chi connectivity index (χ3n) is 3.28. The number of halogens is 1. The highest BCUT2D eigenvalue weighted by atomic mass is 19.1. The first-order valence-corrected chi connectivity index (χ1v) is 6.34. The van der Waals surface area contributed by atoms with E-state index in [1.165, 1.54) is 12.3 Å². The number of rotatable bonds is 3. The molecule has 1 aromatic rings. The van der Waals surface area contributed by atoms with Crippen LogP contribution in [-0.4, -0.2) is 41.5 Å². The molecule has 0 aromatic carbocycles. The van der Waals surface area contributed by atoms with Gasteiger partial charge in [-0.05, 0) is 25.5 Å². The van der Waals surface area contributed by atoms with E-state index in [4.69, 9.17) is 0 Å². The van der Waals surface area contributed by atoms with Crippen LogP contribution in [0.1, 0.15) is 30.1 Å². The summed E-state index contributed by atoms with van der Waals surface area (Å²) in [6.07, 6.45) is 4.37. The summed E-state index contributed by atoms with van der Waals surface area (Å²) in [5.74, 6) is -0.777. The summed E-state index contributed by atoms with van der Waals surface area (Å²) in [5.41, 5.74) is 0.118. The molecular weight excluding hydrogens is 233 g/mol. The fourth-order valence-corrected chi connectivity index (χ4v) is 2.29. The molecule has 2 heterocycles. The molecule has 0 atom stereocenters. The number of pyridine rings is 1. The van der Waals surface area contributed by atoms with Crippen molar-refractivity contribution in [2.45, 2.75) is 25.8 Å². The zero-order chi connectivity index (χ0) is 13.0. The molecule has 0 unspecified atom stereocenters. The lowest BCUT2D eigenvalue weighted by Crippen LogP contribution is -2.45. The van der Waals surface area contributed by atoms with E-state index >= 15 is 0 Å². The molecule has 1 N–H and O–H groups in total. The number of amides is 1. The van der Waals surface area contributed by atoms with Gasteiger partial charge >= 0.3 is 0 Å². The minimum absolute atomic E-state index is 0.118. The maximum atomic E-state index is 13.5. The van der Waals surface area contributed by atoms with Gasteiger partial charge in [-0.1, -0.05) is 6.92 Å². The van der Waals surface area contributed by atoms with Gasteiger partial charge in [-0.15, -0.1) is 0 Å². The molecule has 4 nitrogen and oxygen atoms in total. The normalized spacial score (nSPS) is 16.9. The molecular formula is C13H18FN3O. The Kier molecular flexibility index (Phi) is 4.25. The number of likely N-dealkylation sites (tertiary alicyclic amines) is 1. The van der Waals surface area contributed by atoms with E-state index in [0.717, 1.165) is 25.6 Å². The minimum Gasteiger partial charge on any atom is -0.338 e. The molecule has 1 amide bonds. The first-order chi connectivity index (χ1) is 8.72. The fraction of sp³-hybridized carbons (Fsp3) is 0.538. The number of piperidine rings is 1. The average Bonchev–Trinajstić information content (AvgIpc) is 2.40. The summed E-state index contributed by atoms with van der Waals surface area (Å²) < 4.78 is 13.5. The quantitative estimate of drug-likeness (QED) is 0.884. The summed E-state index contributed by atoms with van der Waals surface area (Å²) in [6, 6.07) is 1.91. The second-order valence-electron chi connectivity index (χ2n) is 4.48. The smallest absolute Gasteiger partial charge is 0.256 e. The minimum atomic E-state index is -0.545. The monoisotopic (exact) mass is 251 g/mol. The topological polar surface area (TPSA) is 45.2 Å². The predicted octanol–water partition coefficient (Wildman–Crippen LogP) is 1.43. The highest BCUT2D eigenvalue weighted by Gasteiger charge is 2.24. The van der Waals surface area contributed by atoms with Crippen molar-refractivity contribution >= 4 is 5.91 Å². The van der Waals surface area contributed by atoms with E-state index in [-0.39, 0.29) is 11.5 Å². The predicted molar refractivity (Wildman–Crippen MR) is 66.8 cm³/mol. The molecule has 0 saturated carbocycles. The first-order valence-electron chi connectivity index (χ1n) is 6.34. The van der Waals surface area contributed by atoms with Crippen molar-refractivity contribution < 1.29 is 9.18 Å². The lowest BCUT2D eigenvalue weighted by molar-refractivity contribution is 0.0701. The Morgan fingerprint density at radius 2 is 2.28 bits per heavy atom. The summed E-state index contributed by atoms with van der Waals surface area (Å²) in [4.78, 5) is 17.5. The maximum absolute atomic E-state index is 13.5. The van der Waals surface area contributed by atoms with E-state index in [2.05, 4.69) is 17.2 Å². The van der Waals surface area contributed by atoms with Gasteiger partial charge in [0.2, 0.25) is 0 Å². The molecule has 1 saturated heterocycles. The molecule has 1 aliphatic rings. The highest BCUT2D eigenvalue weighted by molar-refractivity contribution is 5.94. The van der Waals surface area contributed by atoms with Gasteiger partial charge in [0.15, 0.2) is 5.82 Å². The summed E-state index contributed by atoms with van der Waals surface area (Å²) in [7, 11) is 0. The largest absolute Gasteiger partial charge is 0.338 e. The number of nitrogens with one attached hydrogen (secondary N) is 1. The van der Waals surface area contributed by atoms with Crippen molar-refractivity contribution in [2.24, 2.45) is 0 Å². The van der Waals surface area contributed by atoms with Gasteiger partial charge in [0.05, 0.1) is 11.8 Å². The molecule has 1 aliphatic heterocycles. The third-order valence-corrected chi connectivity index (χ3v) is 3.28. The van der Waals surface area contributed by atoms with E-state index < -0.39 is 5.82 Å². The first kappa shape index (κ1) is 13.0. The van der Waals surface area contributed by atoms with E-state index in [1.807, 2.05) is 0 Å². The zero-order valence-corrected chi connectivity index (χ0v) is 10.5. The molecule has 5 heteroatoms. The molecule has 18 heavy (non-hydrogen) atoms. The summed E-state index contributed by atoms with van der Waals surface area (Å²) in [5, 5.41) is 3.37. The van der Waals surface area contributed by atoms with Gasteiger partial charge in [0, 0.05) is 25.3 Å². The molecule has 0 radical (unpaired) electrons. The Hall–Kier alpha value is -1.49. The SMILES string of the molecule is CCNC1CCN(C(=O)c2ccncc2F)CC1. The molecule has 1 fully saturated rings.